The Kier molecular flexibility index (Phi) is 8.21. The number of fused-ring (bicyclic) bond motifs is 2. The Labute approximate surface area is 199 Å². The van der Waals surface area contributed by atoms with Crippen LogP contribution in [-0.4, -0.2) is 49.0 Å². The quantitative estimate of drug-likeness (QED) is 0.199. The van der Waals surface area contributed by atoms with Gasteiger partial charge in [0.2, 0.25) is 6.79 Å². The van der Waals surface area contributed by atoms with Crippen molar-refractivity contribution < 1.29 is 14.2 Å². The third-order valence-electron chi connectivity index (χ3n) is 4.93. The van der Waals surface area contributed by atoms with E-state index in [2.05, 4.69) is 43.4 Å². The molecule has 0 fully saturated rings. The lowest BCUT2D eigenvalue weighted by atomic mass is 10.3. The van der Waals surface area contributed by atoms with Crippen LogP contribution in [0.3, 0.4) is 0 Å². The minimum absolute atomic E-state index is 0. The monoisotopic (exact) mass is 537 g/mol. The predicted octanol–water partition coefficient (Wildman–Crippen LogP) is 3.33. The zero-order valence-electron chi connectivity index (χ0n) is 17.8. The highest BCUT2D eigenvalue weighted by Gasteiger charge is 2.13. The van der Waals surface area contributed by atoms with E-state index in [1.54, 1.807) is 7.05 Å². The highest BCUT2D eigenvalue weighted by molar-refractivity contribution is 14.0. The third kappa shape index (κ3) is 5.72. The predicted molar refractivity (Wildman–Crippen MR) is 132 cm³/mol. The minimum atomic E-state index is 0. The number of aryl methyl sites for hydroxylation is 2. The maximum absolute atomic E-state index is 5.76. The fourth-order valence-corrected chi connectivity index (χ4v) is 3.45. The number of imidazole rings is 1. The second kappa shape index (κ2) is 11.1. The molecule has 9 heteroatoms. The van der Waals surface area contributed by atoms with Crippen LogP contribution in [0.5, 0.6) is 17.2 Å². The number of benzene rings is 2. The molecule has 0 unspecified atom stereocenters. The first-order chi connectivity index (χ1) is 14.7. The van der Waals surface area contributed by atoms with E-state index in [0.29, 0.717) is 13.2 Å². The summed E-state index contributed by atoms with van der Waals surface area (Å²) in [7, 11) is 1.77. The molecule has 31 heavy (non-hydrogen) atoms. The maximum atomic E-state index is 5.76. The molecular formula is C22H28IN5O3. The van der Waals surface area contributed by atoms with Crippen LogP contribution < -0.4 is 24.8 Å². The largest absolute Gasteiger partial charge is 0.492 e. The molecule has 2 N–H and O–H groups in total. The molecule has 0 spiro atoms. The van der Waals surface area contributed by atoms with Gasteiger partial charge in [-0.05, 0) is 37.6 Å². The Hall–Kier alpha value is -2.69. The number of nitrogens with one attached hydrogen (secondary N) is 2. The number of halogens is 1. The lowest BCUT2D eigenvalue weighted by Crippen LogP contribution is -2.39. The summed E-state index contributed by atoms with van der Waals surface area (Å²) in [5, 5.41) is 6.61. The second-order valence-electron chi connectivity index (χ2n) is 6.94. The highest BCUT2D eigenvalue weighted by atomic mass is 127. The molecule has 2 aromatic carbocycles. The van der Waals surface area contributed by atoms with Gasteiger partial charge in [-0.25, -0.2) is 4.98 Å². The van der Waals surface area contributed by atoms with Crippen molar-refractivity contribution in [2.45, 2.75) is 19.9 Å². The number of aliphatic imine (C=N–C) groups is 1. The summed E-state index contributed by atoms with van der Waals surface area (Å²) in [6, 6.07) is 13.8. The molecular weight excluding hydrogens is 509 g/mol. The first-order valence-corrected chi connectivity index (χ1v) is 10.1. The summed E-state index contributed by atoms with van der Waals surface area (Å²) in [4.78, 5) is 8.88. The molecule has 0 radical (unpaired) electrons. The molecule has 166 valence electrons. The first kappa shape index (κ1) is 23.0. The van der Waals surface area contributed by atoms with E-state index in [0.717, 1.165) is 54.1 Å². The highest BCUT2D eigenvalue weighted by Crippen LogP contribution is 2.34. The lowest BCUT2D eigenvalue weighted by Gasteiger charge is -2.13. The molecule has 1 aliphatic rings. The average molecular weight is 537 g/mol. The normalized spacial score (nSPS) is 12.5. The second-order valence-corrected chi connectivity index (χ2v) is 6.94. The Morgan fingerprint density at radius 2 is 1.94 bits per heavy atom. The molecule has 0 aliphatic carbocycles. The van der Waals surface area contributed by atoms with Crippen LogP contribution in [0.4, 0.5) is 0 Å². The summed E-state index contributed by atoms with van der Waals surface area (Å²) >= 11 is 0. The zero-order chi connectivity index (χ0) is 20.8. The van der Waals surface area contributed by atoms with Crippen LogP contribution in [0.25, 0.3) is 11.0 Å². The molecule has 0 bridgehead atoms. The van der Waals surface area contributed by atoms with Crippen LogP contribution in [0, 0.1) is 6.92 Å². The topological polar surface area (TPSA) is 81.9 Å². The lowest BCUT2D eigenvalue weighted by molar-refractivity contribution is 0.173. The van der Waals surface area contributed by atoms with E-state index in [9.17, 15) is 0 Å². The number of hydrogen-bond donors (Lipinski definition) is 2. The molecule has 3 aromatic rings. The molecule has 0 atom stereocenters. The van der Waals surface area contributed by atoms with Crippen molar-refractivity contribution in [2.24, 2.45) is 4.99 Å². The van der Waals surface area contributed by atoms with Gasteiger partial charge in [-0.15, -0.1) is 24.0 Å². The van der Waals surface area contributed by atoms with Gasteiger partial charge in [0.25, 0.3) is 0 Å². The Morgan fingerprint density at radius 3 is 2.81 bits per heavy atom. The van der Waals surface area contributed by atoms with Gasteiger partial charge in [-0.1, -0.05) is 12.1 Å². The van der Waals surface area contributed by atoms with Gasteiger partial charge in [0.15, 0.2) is 17.5 Å². The van der Waals surface area contributed by atoms with Crippen molar-refractivity contribution >= 4 is 41.0 Å². The van der Waals surface area contributed by atoms with Gasteiger partial charge in [0.1, 0.15) is 18.2 Å². The minimum Gasteiger partial charge on any atom is -0.492 e. The van der Waals surface area contributed by atoms with Crippen LogP contribution in [0.15, 0.2) is 47.5 Å². The number of hydrogen-bond acceptors (Lipinski definition) is 5. The van der Waals surface area contributed by atoms with Crippen LogP contribution in [0.1, 0.15) is 12.2 Å². The fourth-order valence-electron chi connectivity index (χ4n) is 3.45. The van der Waals surface area contributed by atoms with Gasteiger partial charge in [-0.2, -0.15) is 0 Å². The SMILES string of the molecule is CN=C(NCCCn1c(C)nc2ccccc21)NCCOc1ccc2c(c1)OCO2.I. The van der Waals surface area contributed by atoms with E-state index in [-0.39, 0.29) is 30.8 Å². The van der Waals surface area contributed by atoms with Crippen molar-refractivity contribution in [1.29, 1.82) is 0 Å². The number of nitrogens with zero attached hydrogens (tertiary/aromatic N) is 3. The number of ether oxygens (including phenoxy) is 3. The summed E-state index contributed by atoms with van der Waals surface area (Å²) in [6.45, 7) is 5.19. The van der Waals surface area contributed by atoms with Crippen LogP contribution >= 0.6 is 24.0 Å². The van der Waals surface area contributed by atoms with Crippen LogP contribution in [0.2, 0.25) is 0 Å². The molecule has 0 saturated heterocycles. The van der Waals surface area contributed by atoms with E-state index < -0.39 is 0 Å². The number of rotatable bonds is 8. The summed E-state index contributed by atoms with van der Waals surface area (Å²) in [6.07, 6.45) is 0.968. The smallest absolute Gasteiger partial charge is 0.231 e. The standard InChI is InChI=1S/C22H27N5O3.HI/c1-16-26-18-6-3-4-7-19(18)27(16)12-5-10-24-22(23-2)25-11-13-28-17-8-9-20-21(14-17)30-15-29-20;/h3-4,6-9,14H,5,10-13,15H2,1-2H3,(H2,23,24,25);1H. The summed E-state index contributed by atoms with van der Waals surface area (Å²) < 4.78 is 18.7. The average Bonchev–Trinajstić information content (AvgIpc) is 3.36. The summed E-state index contributed by atoms with van der Waals surface area (Å²) in [5.74, 6) is 4.03. The van der Waals surface area contributed by atoms with Crippen molar-refractivity contribution in [3.05, 3.63) is 48.3 Å². The van der Waals surface area contributed by atoms with E-state index in [1.165, 1.54) is 5.52 Å². The van der Waals surface area contributed by atoms with Gasteiger partial charge in [-0.3, -0.25) is 4.99 Å². The third-order valence-corrected chi connectivity index (χ3v) is 4.93. The van der Waals surface area contributed by atoms with Gasteiger partial charge >= 0.3 is 0 Å². The number of aromatic nitrogens is 2. The number of guanidine groups is 1. The number of para-hydroxylation sites is 2. The van der Waals surface area contributed by atoms with Crippen molar-refractivity contribution in [3.63, 3.8) is 0 Å². The van der Waals surface area contributed by atoms with E-state index >= 15 is 0 Å². The van der Waals surface area contributed by atoms with E-state index in [1.807, 2.05) is 31.2 Å². The van der Waals surface area contributed by atoms with Crippen molar-refractivity contribution in [1.82, 2.24) is 20.2 Å². The Bertz CT molecular complexity index is 1040. The van der Waals surface area contributed by atoms with Crippen LogP contribution in [-0.2, 0) is 6.54 Å². The van der Waals surface area contributed by atoms with Crippen molar-refractivity contribution in [3.8, 4) is 17.2 Å². The summed E-state index contributed by atoms with van der Waals surface area (Å²) in [5.41, 5.74) is 2.22. The molecule has 1 aromatic heterocycles. The first-order valence-electron chi connectivity index (χ1n) is 10.1. The molecule has 0 saturated carbocycles. The molecule has 1 aliphatic heterocycles. The Morgan fingerprint density at radius 1 is 1.13 bits per heavy atom. The maximum Gasteiger partial charge on any atom is 0.231 e. The molecule has 0 amide bonds. The molecule has 8 nitrogen and oxygen atoms in total. The van der Waals surface area contributed by atoms with Gasteiger partial charge in [0, 0.05) is 26.2 Å². The fraction of sp³-hybridized carbons (Fsp3) is 0.364. The Balaban J connectivity index is 0.00000272. The van der Waals surface area contributed by atoms with Gasteiger partial charge < -0.3 is 29.4 Å². The van der Waals surface area contributed by atoms with E-state index in [4.69, 9.17) is 14.2 Å². The van der Waals surface area contributed by atoms with Gasteiger partial charge in [0.05, 0.1) is 17.6 Å². The molecule has 4 rings (SSSR count). The zero-order valence-corrected chi connectivity index (χ0v) is 20.1. The molecule has 2 heterocycles. The van der Waals surface area contributed by atoms with Crippen molar-refractivity contribution in [2.75, 3.05) is 33.5 Å².